The number of nitrogens with zero attached hydrogens (tertiary/aromatic N) is 1. The number of hydrogen-bond acceptors (Lipinski definition) is 5. The summed E-state index contributed by atoms with van der Waals surface area (Å²) in [5.74, 6) is 0.348. The van der Waals surface area contributed by atoms with Gasteiger partial charge in [-0.3, -0.25) is 4.90 Å². The topological polar surface area (TPSA) is 66.8 Å². The van der Waals surface area contributed by atoms with Crippen LogP contribution in [0, 0.1) is 11.3 Å². The van der Waals surface area contributed by atoms with Crippen molar-refractivity contribution in [2.45, 2.75) is 17.2 Å². The van der Waals surface area contributed by atoms with Crippen LogP contribution in [-0.2, 0) is 26.9 Å². The SMILES string of the molecule is O=S(=O)(Cc1ccccc1CN1C[C@H]2COC[C@@]2(CO)C1)c1ccccc1. The average molecular weight is 388 g/mol. The molecule has 0 radical (unpaired) electrons. The number of sulfone groups is 1. The third-order valence-corrected chi connectivity index (χ3v) is 7.55. The first-order valence-corrected chi connectivity index (χ1v) is 10.9. The van der Waals surface area contributed by atoms with E-state index in [0.29, 0.717) is 30.6 Å². The van der Waals surface area contributed by atoms with Crippen molar-refractivity contribution in [3.8, 4) is 0 Å². The summed E-state index contributed by atoms with van der Waals surface area (Å²) in [5.41, 5.74) is 1.71. The maximum atomic E-state index is 12.8. The number of benzene rings is 2. The standard InChI is InChI=1S/C21H25NO4S/c23-15-21-14-22(11-19(21)12-26-16-21)10-17-6-4-5-7-18(17)13-27(24,25)20-8-2-1-3-9-20/h1-9,19,23H,10-16H2/t19-,21-/m0/s1. The normalized spacial score (nSPS) is 25.6. The van der Waals surface area contributed by atoms with Crippen LogP contribution in [0.25, 0.3) is 0 Å². The van der Waals surface area contributed by atoms with Crippen molar-refractivity contribution < 1.29 is 18.3 Å². The molecule has 144 valence electrons. The van der Waals surface area contributed by atoms with Gasteiger partial charge >= 0.3 is 0 Å². The van der Waals surface area contributed by atoms with Crippen molar-refractivity contribution in [2.75, 3.05) is 32.9 Å². The summed E-state index contributed by atoms with van der Waals surface area (Å²) in [6, 6.07) is 16.4. The summed E-state index contributed by atoms with van der Waals surface area (Å²) in [6.45, 7) is 3.79. The number of aliphatic hydroxyl groups is 1. The zero-order chi connectivity index (χ0) is 18.9. The smallest absolute Gasteiger partial charge is 0.182 e. The molecule has 2 aromatic carbocycles. The van der Waals surface area contributed by atoms with Gasteiger partial charge in [0.25, 0.3) is 0 Å². The molecule has 2 atom stereocenters. The fourth-order valence-electron chi connectivity index (χ4n) is 4.30. The number of rotatable bonds is 6. The number of aliphatic hydroxyl groups excluding tert-OH is 1. The van der Waals surface area contributed by atoms with E-state index in [4.69, 9.17) is 4.74 Å². The molecule has 27 heavy (non-hydrogen) atoms. The van der Waals surface area contributed by atoms with E-state index in [2.05, 4.69) is 4.90 Å². The number of hydrogen-bond donors (Lipinski definition) is 1. The van der Waals surface area contributed by atoms with E-state index < -0.39 is 9.84 Å². The van der Waals surface area contributed by atoms with Crippen LogP contribution in [-0.4, -0.2) is 51.3 Å². The van der Waals surface area contributed by atoms with Crippen LogP contribution in [0.5, 0.6) is 0 Å². The Bertz CT molecular complexity index is 899. The zero-order valence-corrected chi connectivity index (χ0v) is 16.1. The minimum absolute atomic E-state index is 0.00128. The van der Waals surface area contributed by atoms with Crippen LogP contribution in [0.1, 0.15) is 11.1 Å². The van der Waals surface area contributed by atoms with E-state index in [1.54, 1.807) is 24.3 Å². The molecular weight excluding hydrogens is 362 g/mol. The van der Waals surface area contributed by atoms with Gasteiger partial charge < -0.3 is 9.84 Å². The lowest BCUT2D eigenvalue weighted by Crippen LogP contribution is -2.34. The second-order valence-electron chi connectivity index (χ2n) is 7.74. The third-order valence-electron chi connectivity index (χ3n) is 5.87. The molecule has 0 amide bonds. The number of fused-ring (bicyclic) bond motifs is 1. The van der Waals surface area contributed by atoms with E-state index in [0.717, 1.165) is 24.2 Å². The second-order valence-corrected chi connectivity index (χ2v) is 9.73. The molecule has 0 bridgehead atoms. The predicted molar refractivity (Wildman–Crippen MR) is 103 cm³/mol. The highest BCUT2D eigenvalue weighted by atomic mass is 32.2. The molecule has 0 aliphatic carbocycles. The zero-order valence-electron chi connectivity index (χ0n) is 15.3. The van der Waals surface area contributed by atoms with Gasteiger partial charge in [-0.1, -0.05) is 42.5 Å². The molecule has 2 heterocycles. The van der Waals surface area contributed by atoms with Gasteiger partial charge in [-0.25, -0.2) is 8.42 Å². The molecule has 0 saturated carbocycles. The maximum absolute atomic E-state index is 12.8. The largest absolute Gasteiger partial charge is 0.396 e. The van der Waals surface area contributed by atoms with E-state index in [9.17, 15) is 13.5 Å². The molecule has 0 aromatic heterocycles. The first-order valence-electron chi connectivity index (χ1n) is 9.28. The van der Waals surface area contributed by atoms with Gasteiger partial charge in [-0.2, -0.15) is 0 Å². The Labute approximate surface area is 160 Å². The first kappa shape index (κ1) is 18.6. The van der Waals surface area contributed by atoms with Gasteiger partial charge in [0.2, 0.25) is 0 Å². The third kappa shape index (κ3) is 3.67. The molecule has 4 rings (SSSR count). The lowest BCUT2D eigenvalue weighted by atomic mass is 9.82. The van der Waals surface area contributed by atoms with E-state index in [1.807, 2.05) is 30.3 Å². The van der Waals surface area contributed by atoms with Crippen LogP contribution >= 0.6 is 0 Å². The van der Waals surface area contributed by atoms with Gasteiger partial charge in [0.05, 0.1) is 30.5 Å². The van der Waals surface area contributed by atoms with Gasteiger partial charge in [-0.05, 0) is 23.3 Å². The highest BCUT2D eigenvalue weighted by Crippen LogP contribution is 2.41. The van der Waals surface area contributed by atoms with Crippen LogP contribution in [0.4, 0.5) is 0 Å². The molecule has 0 unspecified atom stereocenters. The molecule has 2 saturated heterocycles. The van der Waals surface area contributed by atoms with Gasteiger partial charge in [-0.15, -0.1) is 0 Å². The summed E-state index contributed by atoms with van der Waals surface area (Å²) in [5, 5.41) is 9.86. The molecule has 2 aromatic rings. The minimum atomic E-state index is -3.38. The van der Waals surface area contributed by atoms with Crippen LogP contribution < -0.4 is 0 Å². The molecule has 2 aliphatic heterocycles. The van der Waals surface area contributed by atoms with E-state index >= 15 is 0 Å². The number of likely N-dealkylation sites (tertiary alicyclic amines) is 1. The van der Waals surface area contributed by atoms with Crippen LogP contribution in [0.3, 0.4) is 0 Å². The van der Waals surface area contributed by atoms with Crippen molar-refractivity contribution in [1.29, 1.82) is 0 Å². The summed E-state index contributed by atoms with van der Waals surface area (Å²) in [6.07, 6.45) is 0. The van der Waals surface area contributed by atoms with Gasteiger partial charge in [0.1, 0.15) is 0 Å². The van der Waals surface area contributed by atoms with Gasteiger partial charge in [0.15, 0.2) is 9.84 Å². The van der Waals surface area contributed by atoms with Crippen molar-refractivity contribution in [1.82, 2.24) is 4.90 Å². The summed E-state index contributed by atoms with van der Waals surface area (Å²) in [4.78, 5) is 2.67. The average Bonchev–Trinajstić information content (AvgIpc) is 3.21. The molecule has 2 aliphatic rings. The summed E-state index contributed by atoms with van der Waals surface area (Å²) < 4.78 is 31.1. The van der Waals surface area contributed by atoms with E-state index in [1.165, 1.54) is 0 Å². The Morgan fingerprint density at radius 1 is 1.07 bits per heavy atom. The van der Waals surface area contributed by atoms with Crippen molar-refractivity contribution >= 4 is 9.84 Å². The Hall–Kier alpha value is -1.73. The van der Waals surface area contributed by atoms with Crippen molar-refractivity contribution in [3.63, 3.8) is 0 Å². The van der Waals surface area contributed by atoms with Crippen LogP contribution in [0.2, 0.25) is 0 Å². The molecule has 6 heteroatoms. The lowest BCUT2D eigenvalue weighted by molar-refractivity contribution is 0.0802. The Morgan fingerprint density at radius 2 is 1.78 bits per heavy atom. The Morgan fingerprint density at radius 3 is 2.48 bits per heavy atom. The second kappa shape index (κ2) is 7.36. The fourth-order valence-corrected chi connectivity index (χ4v) is 5.73. The van der Waals surface area contributed by atoms with E-state index in [-0.39, 0.29) is 17.8 Å². The Kier molecular flexibility index (Phi) is 5.07. The lowest BCUT2D eigenvalue weighted by Gasteiger charge is -2.24. The molecule has 0 spiro atoms. The molecular formula is C21H25NO4S. The van der Waals surface area contributed by atoms with Crippen molar-refractivity contribution in [3.05, 3.63) is 65.7 Å². The van der Waals surface area contributed by atoms with Gasteiger partial charge in [0, 0.05) is 31.0 Å². The molecule has 2 fully saturated rings. The first-order chi connectivity index (χ1) is 13.0. The van der Waals surface area contributed by atoms with Crippen molar-refractivity contribution in [2.24, 2.45) is 11.3 Å². The minimum Gasteiger partial charge on any atom is -0.396 e. The quantitative estimate of drug-likeness (QED) is 0.822. The molecule has 1 N–H and O–H groups in total. The number of ether oxygens (including phenoxy) is 1. The monoisotopic (exact) mass is 387 g/mol. The summed E-state index contributed by atoms with van der Waals surface area (Å²) in [7, 11) is -3.38. The Balaban J connectivity index is 1.53. The highest BCUT2D eigenvalue weighted by Gasteiger charge is 2.50. The fraction of sp³-hybridized carbons (Fsp3) is 0.429. The summed E-state index contributed by atoms with van der Waals surface area (Å²) >= 11 is 0. The highest BCUT2D eigenvalue weighted by molar-refractivity contribution is 7.90. The maximum Gasteiger partial charge on any atom is 0.182 e. The van der Waals surface area contributed by atoms with Crippen LogP contribution in [0.15, 0.2) is 59.5 Å². The molecule has 5 nitrogen and oxygen atoms in total. The predicted octanol–water partition coefficient (Wildman–Crippen LogP) is 2.10.